The number of halogens is 4. The first-order chi connectivity index (χ1) is 8.84. The Labute approximate surface area is 105 Å². The molecule has 1 N–H and O–H groups in total. The van der Waals surface area contributed by atoms with Gasteiger partial charge in [-0.15, -0.1) is 0 Å². The van der Waals surface area contributed by atoms with Crippen LogP contribution in [0.4, 0.5) is 17.6 Å². The van der Waals surface area contributed by atoms with Gasteiger partial charge in [-0.25, -0.2) is 4.39 Å². The highest BCUT2D eigenvalue weighted by atomic mass is 19.4. The first kappa shape index (κ1) is 13.4. The third kappa shape index (κ3) is 2.40. The van der Waals surface area contributed by atoms with Crippen molar-refractivity contribution in [1.82, 2.24) is 5.32 Å². The molecule has 7 heteroatoms. The van der Waals surface area contributed by atoms with Crippen LogP contribution in [0, 0.1) is 5.82 Å². The number of hydrogen-bond acceptors (Lipinski definition) is 3. The van der Waals surface area contributed by atoms with Crippen LogP contribution in [0.25, 0.3) is 5.57 Å². The van der Waals surface area contributed by atoms with E-state index < -0.39 is 23.9 Å². The third-order valence-corrected chi connectivity index (χ3v) is 2.60. The van der Waals surface area contributed by atoms with E-state index in [1.54, 1.807) is 0 Å². The lowest BCUT2D eigenvalue weighted by Crippen LogP contribution is -2.35. The molecule has 0 radical (unpaired) electrons. The standard InChI is InChI=1S/C12H9F4NO2/c1-17-11-8(6-2-4-7(13)5-3-6)9(18)10(19-11)12(14,15)16/h2-5,10,17H,1H3. The van der Waals surface area contributed by atoms with Crippen LogP contribution in [-0.4, -0.2) is 25.1 Å². The number of ketones is 1. The van der Waals surface area contributed by atoms with Crippen molar-refractivity contribution in [3.05, 3.63) is 41.5 Å². The monoisotopic (exact) mass is 275 g/mol. The summed E-state index contributed by atoms with van der Waals surface area (Å²) in [5, 5.41) is 2.40. The van der Waals surface area contributed by atoms with Crippen molar-refractivity contribution in [2.24, 2.45) is 0 Å². The van der Waals surface area contributed by atoms with Gasteiger partial charge >= 0.3 is 6.18 Å². The van der Waals surface area contributed by atoms with Crippen molar-refractivity contribution in [2.45, 2.75) is 12.3 Å². The van der Waals surface area contributed by atoms with E-state index in [9.17, 15) is 22.4 Å². The predicted molar refractivity (Wildman–Crippen MR) is 58.3 cm³/mol. The van der Waals surface area contributed by atoms with Crippen LogP contribution in [0.15, 0.2) is 30.1 Å². The van der Waals surface area contributed by atoms with Crippen LogP contribution in [0.3, 0.4) is 0 Å². The van der Waals surface area contributed by atoms with Gasteiger partial charge in [0.25, 0.3) is 6.10 Å². The molecule has 1 unspecified atom stereocenters. The van der Waals surface area contributed by atoms with Gasteiger partial charge in [-0.2, -0.15) is 13.2 Å². The lowest BCUT2D eigenvalue weighted by atomic mass is 10.0. The quantitative estimate of drug-likeness (QED) is 0.841. The van der Waals surface area contributed by atoms with Crippen molar-refractivity contribution in [2.75, 3.05) is 7.05 Å². The minimum Gasteiger partial charge on any atom is -0.457 e. The summed E-state index contributed by atoms with van der Waals surface area (Å²) in [5.41, 5.74) is -0.0627. The number of benzene rings is 1. The molecule has 0 bridgehead atoms. The van der Waals surface area contributed by atoms with E-state index in [4.69, 9.17) is 0 Å². The lowest BCUT2D eigenvalue weighted by molar-refractivity contribution is -0.202. The van der Waals surface area contributed by atoms with E-state index in [0.29, 0.717) is 0 Å². The fraction of sp³-hybridized carbons (Fsp3) is 0.250. The van der Waals surface area contributed by atoms with Crippen LogP contribution < -0.4 is 5.32 Å². The molecule has 1 atom stereocenters. The van der Waals surface area contributed by atoms with Crippen LogP contribution in [0.1, 0.15) is 5.56 Å². The molecular formula is C12H9F4NO2. The van der Waals surface area contributed by atoms with Gasteiger partial charge in [-0.1, -0.05) is 12.1 Å². The Morgan fingerprint density at radius 1 is 1.21 bits per heavy atom. The predicted octanol–water partition coefficient (Wildman–Crippen LogP) is 2.24. The smallest absolute Gasteiger partial charge is 0.433 e. The maximum atomic E-state index is 12.8. The van der Waals surface area contributed by atoms with Crippen molar-refractivity contribution in [1.29, 1.82) is 0 Å². The van der Waals surface area contributed by atoms with Gasteiger partial charge in [0.2, 0.25) is 5.78 Å². The van der Waals surface area contributed by atoms with Crippen LogP contribution in [0.5, 0.6) is 0 Å². The summed E-state index contributed by atoms with van der Waals surface area (Å²) in [7, 11) is 1.34. The second-order valence-corrected chi connectivity index (χ2v) is 3.86. The van der Waals surface area contributed by atoms with E-state index in [0.717, 1.165) is 12.1 Å². The summed E-state index contributed by atoms with van der Waals surface area (Å²) in [5.74, 6) is -2.00. The average Bonchev–Trinajstić information content (AvgIpc) is 2.67. The van der Waals surface area contributed by atoms with Gasteiger partial charge in [0, 0.05) is 7.05 Å². The number of alkyl halides is 3. The number of Topliss-reactive ketones (excluding diaryl/α,β-unsaturated/α-hetero) is 1. The fourth-order valence-electron chi connectivity index (χ4n) is 1.76. The van der Waals surface area contributed by atoms with E-state index >= 15 is 0 Å². The zero-order valence-corrected chi connectivity index (χ0v) is 9.72. The third-order valence-electron chi connectivity index (χ3n) is 2.60. The zero-order valence-electron chi connectivity index (χ0n) is 9.72. The summed E-state index contributed by atoms with van der Waals surface area (Å²) in [6.07, 6.45) is -7.31. The Bertz CT molecular complexity index is 534. The summed E-state index contributed by atoms with van der Waals surface area (Å²) >= 11 is 0. The van der Waals surface area contributed by atoms with Crippen molar-refractivity contribution < 1.29 is 27.1 Å². The van der Waals surface area contributed by atoms with Gasteiger partial charge in [0.15, 0.2) is 5.88 Å². The maximum Gasteiger partial charge on any atom is 0.433 e. The van der Waals surface area contributed by atoms with E-state index in [2.05, 4.69) is 10.1 Å². The van der Waals surface area contributed by atoms with Gasteiger partial charge in [-0.3, -0.25) is 4.79 Å². The van der Waals surface area contributed by atoms with Crippen molar-refractivity contribution >= 4 is 11.4 Å². The van der Waals surface area contributed by atoms with E-state index in [1.165, 1.54) is 19.2 Å². The number of carbonyl (C=O) groups excluding carboxylic acids is 1. The minimum absolute atomic E-state index is 0.169. The Hall–Kier alpha value is -2.05. The first-order valence-electron chi connectivity index (χ1n) is 5.30. The van der Waals surface area contributed by atoms with Crippen LogP contribution >= 0.6 is 0 Å². The molecule has 0 amide bonds. The molecule has 102 valence electrons. The molecule has 0 aliphatic carbocycles. The molecule has 1 heterocycles. The first-order valence-corrected chi connectivity index (χ1v) is 5.30. The molecule has 1 aromatic rings. The summed E-state index contributed by atoms with van der Waals surface area (Å²) in [6, 6.07) is 4.57. The Morgan fingerprint density at radius 3 is 2.26 bits per heavy atom. The molecular weight excluding hydrogens is 266 g/mol. The fourth-order valence-corrected chi connectivity index (χ4v) is 1.76. The highest BCUT2D eigenvalue weighted by molar-refractivity contribution is 6.25. The van der Waals surface area contributed by atoms with Crippen LogP contribution in [-0.2, 0) is 9.53 Å². The summed E-state index contributed by atoms with van der Waals surface area (Å²) < 4.78 is 55.2. The topological polar surface area (TPSA) is 38.3 Å². The maximum absolute atomic E-state index is 12.8. The second kappa shape index (κ2) is 4.56. The second-order valence-electron chi connectivity index (χ2n) is 3.86. The molecule has 3 nitrogen and oxygen atoms in total. The van der Waals surface area contributed by atoms with Gasteiger partial charge in [0.05, 0.1) is 5.57 Å². The van der Waals surface area contributed by atoms with Crippen LogP contribution in [0.2, 0.25) is 0 Å². The lowest BCUT2D eigenvalue weighted by Gasteiger charge is -2.14. The van der Waals surface area contributed by atoms with Crippen molar-refractivity contribution in [3.8, 4) is 0 Å². The van der Waals surface area contributed by atoms with Crippen molar-refractivity contribution in [3.63, 3.8) is 0 Å². The highest BCUT2D eigenvalue weighted by Gasteiger charge is 2.52. The van der Waals surface area contributed by atoms with E-state index in [1.807, 2.05) is 0 Å². The molecule has 0 spiro atoms. The molecule has 0 aromatic heterocycles. The molecule has 0 saturated carbocycles. The Kier molecular flexibility index (Phi) is 3.21. The average molecular weight is 275 g/mol. The molecule has 19 heavy (non-hydrogen) atoms. The normalized spacial score (nSPS) is 19.6. The minimum atomic E-state index is -4.79. The summed E-state index contributed by atoms with van der Waals surface area (Å²) in [4.78, 5) is 11.8. The van der Waals surface area contributed by atoms with Gasteiger partial charge in [0.1, 0.15) is 5.82 Å². The number of carbonyl (C=O) groups is 1. The zero-order chi connectivity index (χ0) is 14.2. The van der Waals surface area contributed by atoms with Gasteiger partial charge in [-0.05, 0) is 17.7 Å². The number of hydrogen-bond donors (Lipinski definition) is 1. The Morgan fingerprint density at radius 2 is 1.79 bits per heavy atom. The molecule has 1 aliphatic heterocycles. The molecule has 1 aliphatic rings. The summed E-state index contributed by atoms with van der Waals surface area (Å²) in [6.45, 7) is 0. The molecule has 1 aromatic carbocycles. The molecule has 2 rings (SSSR count). The van der Waals surface area contributed by atoms with Gasteiger partial charge < -0.3 is 10.1 Å². The SMILES string of the molecule is CNC1=C(c2ccc(F)cc2)C(=O)C(C(F)(F)F)O1. The molecule has 0 fully saturated rings. The van der Waals surface area contributed by atoms with E-state index in [-0.39, 0.29) is 17.0 Å². The number of nitrogens with one attached hydrogen (secondary N) is 1. The number of rotatable bonds is 2. The molecule has 0 saturated heterocycles. The largest absolute Gasteiger partial charge is 0.457 e. The number of ether oxygens (including phenoxy) is 1. The highest BCUT2D eigenvalue weighted by Crippen LogP contribution is 2.36. The Balaban J connectivity index is 2.42.